The summed E-state index contributed by atoms with van der Waals surface area (Å²) in [7, 11) is 0. The Morgan fingerprint density at radius 3 is 2.56 bits per heavy atom. The van der Waals surface area contributed by atoms with Crippen LogP contribution in [0.3, 0.4) is 0 Å². The van der Waals surface area contributed by atoms with Gasteiger partial charge in [-0.2, -0.15) is 0 Å². The summed E-state index contributed by atoms with van der Waals surface area (Å²) in [6.07, 6.45) is 2.43. The third-order valence-corrected chi connectivity index (χ3v) is 2.33. The SMILES string of the molecule is CC(C)CC(CO)Nc1cc(OC(C)C)ncn1. The van der Waals surface area contributed by atoms with Crippen molar-refractivity contribution in [3.63, 3.8) is 0 Å². The van der Waals surface area contributed by atoms with Crippen LogP contribution < -0.4 is 10.1 Å². The largest absolute Gasteiger partial charge is 0.475 e. The lowest BCUT2D eigenvalue weighted by Gasteiger charge is -2.19. The average Bonchev–Trinajstić information content (AvgIpc) is 2.27. The maximum atomic E-state index is 9.31. The first-order valence-electron chi connectivity index (χ1n) is 6.37. The Hall–Kier alpha value is -1.36. The molecule has 1 unspecified atom stereocenters. The third-order valence-electron chi connectivity index (χ3n) is 2.33. The van der Waals surface area contributed by atoms with Crippen molar-refractivity contribution in [1.82, 2.24) is 9.97 Å². The van der Waals surface area contributed by atoms with E-state index in [0.717, 1.165) is 6.42 Å². The summed E-state index contributed by atoms with van der Waals surface area (Å²) < 4.78 is 5.50. The highest BCUT2D eigenvalue weighted by atomic mass is 16.5. The zero-order valence-electron chi connectivity index (χ0n) is 11.6. The molecule has 1 rings (SSSR count). The Labute approximate surface area is 109 Å². The van der Waals surface area contributed by atoms with Gasteiger partial charge in [0.1, 0.15) is 12.1 Å². The van der Waals surface area contributed by atoms with Gasteiger partial charge in [-0.15, -0.1) is 0 Å². The van der Waals surface area contributed by atoms with Gasteiger partial charge in [-0.25, -0.2) is 9.97 Å². The highest BCUT2D eigenvalue weighted by molar-refractivity contribution is 5.38. The van der Waals surface area contributed by atoms with Crippen molar-refractivity contribution in [1.29, 1.82) is 0 Å². The van der Waals surface area contributed by atoms with E-state index in [-0.39, 0.29) is 18.8 Å². The fourth-order valence-electron chi connectivity index (χ4n) is 1.68. The molecule has 5 heteroatoms. The standard InChI is InChI=1S/C13H23N3O2/c1-9(2)5-11(7-17)16-12-6-13(15-8-14-12)18-10(3)4/h6,8-11,17H,5,7H2,1-4H3,(H,14,15,16). The summed E-state index contributed by atoms with van der Waals surface area (Å²) in [4.78, 5) is 8.17. The number of nitrogens with one attached hydrogen (secondary N) is 1. The Balaban J connectivity index is 2.65. The van der Waals surface area contributed by atoms with E-state index < -0.39 is 0 Å². The van der Waals surface area contributed by atoms with Crippen molar-refractivity contribution >= 4 is 5.82 Å². The molecule has 0 aliphatic rings. The molecular formula is C13H23N3O2. The van der Waals surface area contributed by atoms with Crippen LogP contribution in [0.1, 0.15) is 34.1 Å². The van der Waals surface area contributed by atoms with E-state index in [9.17, 15) is 5.11 Å². The molecule has 0 aliphatic heterocycles. The number of hydrogen-bond acceptors (Lipinski definition) is 5. The number of hydrogen-bond donors (Lipinski definition) is 2. The van der Waals surface area contributed by atoms with E-state index in [4.69, 9.17) is 4.74 Å². The predicted molar refractivity (Wildman–Crippen MR) is 71.7 cm³/mol. The van der Waals surface area contributed by atoms with Crippen LogP contribution in [-0.2, 0) is 0 Å². The molecule has 2 N–H and O–H groups in total. The molecule has 0 saturated carbocycles. The van der Waals surface area contributed by atoms with Gasteiger partial charge >= 0.3 is 0 Å². The van der Waals surface area contributed by atoms with E-state index in [1.165, 1.54) is 6.33 Å². The van der Waals surface area contributed by atoms with Crippen molar-refractivity contribution in [2.24, 2.45) is 5.92 Å². The van der Waals surface area contributed by atoms with Crippen LogP contribution in [0.15, 0.2) is 12.4 Å². The lowest BCUT2D eigenvalue weighted by atomic mass is 10.0. The molecule has 0 spiro atoms. The van der Waals surface area contributed by atoms with Gasteiger partial charge in [-0.3, -0.25) is 0 Å². The molecule has 0 aliphatic carbocycles. The molecule has 0 bridgehead atoms. The van der Waals surface area contributed by atoms with Crippen LogP contribution >= 0.6 is 0 Å². The van der Waals surface area contributed by atoms with Crippen LogP contribution in [0.5, 0.6) is 5.88 Å². The lowest BCUT2D eigenvalue weighted by molar-refractivity contribution is 0.232. The first kappa shape index (κ1) is 14.7. The summed E-state index contributed by atoms with van der Waals surface area (Å²) in [6, 6.07) is 1.76. The second kappa shape index (κ2) is 7.16. The number of aliphatic hydroxyl groups is 1. The summed E-state index contributed by atoms with van der Waals surface area (Å²) >= 11 is 0. The van der Waals surface area contributed by atoms with Crippen molar-refractivity contribution in [3.8, 4) is 5.88 Å². The Kier molecular flexibility index (Phi) is 5.85. The van der Waals surface area contributed by atoms with Gasteiger partial charge < -0.3 is 15.2 Å². The Morgan fingerprint density at radius 1 is 1.28 bits per heavy atom. The molecule has 102 valence electrons. The average molecular weight is 253 g/mol. The topological polar surface area (TPSA) is 67.3 Å². The quantitative estimate of drug-likeness (QED) is 0.778. The van der Waals surface area contributed by atoms with Gasteiger partial charge in [0.05, 0.1) is 18.8 Å². The molecule has 0 radical (unpaired) electrons. The van der Waals surface area contributed by atoms with Gasteiger partial charge in [0.2, 0.25) is 5.88 Å². The fourth-order valence-corrected chi connectivity index (χ4v) is 1.68. The molecule has 0 amide bonds. The van der Waals surface area contributed by atoms with Crippen molar-refractivity contribution in [3.05, 3.63) is 12.4 Å². The number of nitrogens with zero attached hydrogens (tertiary/aromatic N) is 2. The van der Waals surface area contributed by atoms with E-state index in [0.29, 0.717) is 17.6 Å². The maximum absolute atomic E-state index is 9.31. The third kappa shape index (κ3) is 5.31. The highest BCUT2D eigenvalue weighted by Gasteiger charge is 2.11. The molecule has 1 aromatic heterocycles. The van der Waals surface area contributed by atoms with Crippen LogP contribution in [-0.4, -0.2) is 33.8 Å². The van der Waals surface area contributed by atoms with E-state index in [1.54, 1.807) is 6.07 Å². The number of rotatable bonds is 7. The molecule has 0 fully saturated rings. The summed E-state index contributed by atoms with van der Waals surface area (Å²) in [6.45, 7) is 8.23. The van der Waals surface area contributed by atoms with Crippen molar-refractivity contribution < 1.29 is 9.84 Å². The molecule has 1 atom stereocenters. The van der Waals surface area contributed by atoms with Crippen LogP contribution in [0, 0.1) is 5.92 Å². The van der Waals surface area contributed by atoms with Crippen molar-refractivity contribution in [2.75, 3.05) is 11.9 Å². The van der Waals surface area contributed by atoms with E-state index in [1.807, 2.05) is 13.8 Å². The molecular weight excluding hydrogens is 230 g/mol. The number of anilines is 1. The van der Waals surface area contributed by atoms with Gasteiger partial charge in [-0.05, 0) is 26.2 Å². The van der Waals surface area contributed by atoms with Gasteiger partial charge in [-0.1, -0.05) is 13.8 Å². The molecule has 5 nitrogen and oxygen atoms in total. The second-order valence-corrected chi connectivity index (χ2v) is 5.06. The fraction of sp³-hybridized carbons (Fsp3) is 0.692. The minimum atomic E-state index is 0.00630. The summed E-state index contributed by atoms with van der Waals surface area (Å²) in [5.74, 6) is 1.74. The summed E-state index contributed by atoms with van der Waals surface area (Å²) in [5, 5.41) is 12.5. The van der Waals surface area contributed by atoms with E-state index >= 15 is 0 Å². The number of aromatic nitrogens is 2. The van der Waals surface area contributed by atoms with Crippen LogP contribution in [0.2, 0.25) is 0 Å². The molecule has 0 aromatic carbocycles. The minimum absolute atomic E-state index is 0.00630. The van der Waals surface area contributed by atoms with Crippen molar-refractivity contribution in [2.45, 2.75) is 46.3 Å². The van der Waals surface area contributed by atoms with E-state index in [2.05, 4.69) is 29.1 Å². The monoisotopic (exact) mass is 253 g/mol. The van der Waals surface area contributed by atoms with Crippen LogP contribution in [0.25, 0.3) is 0 Å². The van der Waals surface area contributed by atoms with Gasteiger partial charge in [0.15, 0.2) is 0 Å². The molecule has 0 saturated heterocycles. The number of aliphatic hydroxyl groups excluding tert-OH is 1. The maximum Gasteiger partial charge on any atom is 0.218 e. The zero-order chi connectivity index (χ0) is 13.5. The summed E-state index contributed by atoms with van der Waals surface area (Å²) in [5.41, 5.74) is 0. The Bertz CT molecular complexity index is 356. The smallest absolute Gasteiger partial charge is 0.218 e. The van der Waals surface area contributed by atoms with Crippen LogP contribution in [0.4, 0.5) is 5.82 Å². The minimum Gasteiger partial charge on any atom is -0.475 e. The molecule has 18 heavy (non-hydrogen) atoms. The second-order valence-electron chi connectivity index (χ2n) is 5.06. The lowest BCUT2D eigenvalue weighted by Crippen LogP contribution is -2.26. The normalized spacial score (nSPS) is 12.8. The van der Waals surface area contributed by atoms with Gasteiger partial charge in [0, 0.05) is 6.07 Å². The predicted octanol–water partition coefficient (Wildman–Crippen LogP) is 2.08. The number of ether oxygens (including phenoxy) is 1. The molecule has 1 heterocycles. The Morgan fingerprint density at radius 2 is 2.00 bits per heavy atom. The zero-order valence-corrected chi connectivity index (χ0v) is 11.6. The first-order valence-corrected chi connectivity index (χ1v) is 6.37. The molecule has 1 aromatic rings. The highest BCUT2D eigenvalue weighted by Crippen LogP contribution is 2.15. The van der Waals surface area contributed by atoms with Gasteiger partial charge in [0.25, 0.3) is 0 Å². The first-order chi connectivity index (χ1) is 8.51.